The zero-order chi connectivity index (χ0) is 13.2. The molecule has 0 bridgehead atoms. The van der Waals surface area contributed by atoms with E-state index < -0.39 is 0 Å². The van der Waals surface area contributed by atoms with Crippen LogP contribution in [0.1, 0.15) is 20.8 Å². The zero-order valence-electron chi connectivity index (χ0n) is 10.7. The number of aromatic nitrogens is 1. The lowest BCUT2D eigenvalue weighted by molar-refractivity contribution is 0.125. The molecule has 0 saturated heterocycles. The minimum absolute atomic E-state index is 0.317. The van der Waals surface area contributed by atoms with Crippen LogP contribution in [0.25, 0.3) is 0 Å². The normalized spacial score (nSPS) is 11.3. The van der Waals surface area contributed by atoms with Crippen LogP contribution in [0.5, 0.6) is 5.88 Å². The number of nitrogens with one attached hydrogen (secondary N) is 1. The average Bonchev–Trinajstić information content (AvgIpc) is 2.74. The van der Waals surface area contributed by atoms with Gasteiger partial charge in [0, 0.05) is 5.38 Å². The topological polar surface area (TPSA) is 60.2 Å². The smallest absolute Gasteiger partial charge is 0.239 e. The van der Waals surface area contributed by atoms with Gasteiger partial charge in [-0.25, -0.2) is 0 Å². The molecule has 0 aromatic carbocycles. The molecule has 0 spiro atoms. The average molecular weight is 263 g/mol. The van der Waals surface area contributed by atoms with E-state index in [4.69, 9.17) is 10.5 Å². The van der Waals surface area contributed by atoms with E-state index in [1.807, 2.05) is 43.7 Å². The minimum Gasteiger partial charge on any atom is -0.470 e. The molecule has 96 valence electrons. The van der Waals surface area contributed by atoms with Gasteiger partial charge in [-0.2, -0.15) is 16.3 Å². The minimum atomic E-state index is -0.317. The summed E-state index contributed by atoms with van der Waals surface area (Å²) in [5.41, 5.74) is 7.09. The Morgan fingerprint density at radius 1 is 1.28 bits per heavy atom. The standard InChI is InChI=1S/C13H17N3OS/c1-13(2,3)17-12-10(14)4-5-11(16-12)15-9-6-7-18-8-9/h4-8H,14H2,1-3H3,(H,15,16). The lowest BCUT2D eigenvalue weighted by Gasteiger charge is -2.21. The number of hydrogen-bond acceptors (Lipinski definition) is 5. The van der Waals surface area contributed by atoms with Crippen LogP contribution in [-0.4, -0.2) is 10.6 Å². The number of anilines is 3. The van der Waals surface area contributed by atoms with Gasteiger partial charge in [0.15, 0.2) is 0 Å². The highest BCUT2D eigenvalue weighted by Crippen LogP contribution is 2.26. The van der Waals surface area contributed by atoms with Crippen LogP contribution in [-0.2, 0) is 0 Å². The van der Waals surface area contributed by atoms with Crippen LogP contribution in [0.15, 0.2) is 29.0 Å². The fraction of sp³-hybridized carbons (Fsp3) is 0.308. The Hall–Kier alpha value is -1.75. The van der Waals surface area contributed by atoms with E-state index in [1.165, 1.54) is 0 Å². The summed E-state index contributed by atoms with van der Waals surface area (Å²) in [7, 11) is 0. The van der Waals surface area contributed by atoms with Crippen molar-refractivity contribution in [2.75, 3.05) is 11.1 Å². The molecule has 0 aliphatic rings. The van der Waals surface area contributed by atoms with Crippen LogP contribution in [0.3, 0.4) is 0 Å². The highest BCUT2D eigenvalue weighted by molar-refractivity contribution is 7.08. The highest BCUT2D eigenvalue weighted by Gasteiger charge is 2.15. The third-order valence-corrected chi connectivity index (χ3v) is 2.77. The van der Waals surface area contributed by atoms with Gasteiger partial charge in [0.1, 0.15) is 11.4 Å². The van der Waals surface area contributed by atoms with Gasteiger partial charge < -0.3 is 15.8 Å². The Bertz CT molecular complexity index is 518. The number of nitrogen functional groups attached to an aromatic ring is 1. The lowest BCUT2D eigenvalue weighted by atomic mass is 10.2. The van der Waals surface area contributed by atoms with Crippen molar-refractivity contribution in [3.05, 3.63) is 29.0 Å². The molecule has 2 aromatic rings. The third-order valence-electron chi connectivity index (χ3n) is 2.09. The summed E-state index contributed by atoms with van der Waals surface area (Å²) in [5.74, 6) is 1.18. The van der Waals surface area contributed by atoms with E-state index in [-0.39, 0.29) is 5.60 Å². The Kier molecular flexibility index (Phi) is 3.43. The van der Waals surface area contributed by atoms with E-state index in [1.54, 1.807) is 17.4 Å². The predicted octanol–water partition coefficient (Wildman–Crippen LogP) is 3.65. The molecule has 0 saturated carbocycles. The Balaban J connectivity index is 2.21. The molecule has 0 aliphatic heterocycles. The molecule has 5 heteroatoms. The van der Waals surface area contributed by atoms with Crippen LogP contribution in [0.2, 0.25) is 0 Å². The molecule has 0 aliphatic carbocycles. The van der Waals surface area contributed by atoms with Gasteiger partial charge in [-0.15, -0.1) is 0 Å². The van der Waals surface area contributed by atoms with Gasteiger partial charge in [0.2, 0.25) is 5.88 Å². The first-order valence-electron chi connectivity index (χ1n) is 5.69. The molecule has 0 radical (unpaired) electrons. The maximum absolute atomic E-state index is 5.86. The zero-order valence-corrected chi connectivity index (χ0v) is 11.5. The summed E-state index contributed by atoms with van der Waals surface area (Å²) in [4.78, 5) is 4.38. The molecule has 18 heavy (non-hydrogen) atoms. The van der Waals surface area contributed by atoms with Crippen molar-refractivity contribution in [3.8, 4) is 5.88 Å². The van der Waals surface area contributed by atoms with Gasteiger partial charge in [0.05, 0.1) is 11.4 Å². The summed E-state index contributed by atoms with van der Waals surface area (Å²) < 4.78 is 5.72. The number of nitrogens with zero attached hydrogens (tertiary/aromatic N) is 1. The van der Waals surface area contributed by atoms with E-state index >= 15 is 0 Å². The van der Waals surface area contributed by atoms with Crippen molar-refractivity contribution in [1.82, 2.24) is 4.98 Å². The Morgan fingerprint density at radius 3 is 2.67 bits per heavy atom. The Morgan fingerprint density at radius 2 is 2.06 bits per heavy atom. The maximum Gasteiger partial charge on any atom is 0.239 e. The van der Waals surface area contributed by atoms with Crippen molar-refractivity contribution in [2.45, 2.75) is 26.4 Å². The van der Waals surface area contributed by atoms with Crippen molar-refractivity contribution in [3.63, 3.8) is 0 Å². The van der Waals surface area contributed by atoms with E-state index in [0.29, 0.717) is 11.6 Å². The first-order valence-corrected chi connectivity index (χ1v) is 6.63. The SMILES string of the molecule is CC(C)(C)Oc1nc(Nc2ccsc2)ccc1N. The molecule has 0 atom stereocenters. The molecule has 3 N–H and O–H groups in total. The summed E-state index contributed by atoms with van der Waals surface area (Å²) in [5, 5.41) is 7.22. The second-order valence-electron chi connectivity index (χ2n) is 4.94. The summed E-state index contributed by atoms with van der Waals surface area (Å²) in [6.45, 7) is 5.90. The summed E-state index contributed by atoms with van der Waals surface area (Å²) in [6, 6.07) is 5.62. The summed E-state index contributed by atoms with van der Waals surface area (Å²) >= 11 is 1.63. The molecule has 2 heterocycles. The fourth-order valence-corrected chi connectivity index (χ4v) is 1.96. The Labute approximate surface area is 111 Å². The molecule has 0 fully saturated rings. The predicted molar refractivity (Wildman–Crippen MR) is 76.6 cm³/mol. The van der Waals surface area contributed by atoms with Crippen molar-refractivity contribution in [1.29, 1.82) is 0 Å². The van der Waals surface area contributed by atoms with Crippen molar-refractivity contribution >= 4 is 28.5 Å². The largest absolute Gasteiger partial charge is 0.470 e. The molecular formula is C13H17N3OS. The molecular weight excluding hydrogens is 246 g/mol. The van der Waals surface area contributed by atoms with Crippen LogP contribution >= 0.6 is 11.3 Å². The molecule has 2 rings (SSSR count). The van der Waals surface area contributed by atoms with E-state index in [0.717, 1.165) is 11.5 Å². The number of hydrogen-bond donors (Lipinski definition) is 2. The van der Waals surface area contributed by atoms with E-state index in [9.17, 15) is 0 Å². The molecule has 4 nitrogen and oxygen atoms in total. The number of nitrogens with two attached hydrogens (primary N) is 1. The van der Waals surface area contributed by atoms with Crippen molar-refractivity contribution in [2.24, 2.45) is 0 Å². The molecule has 0 unspecified atom stereocenters. The van der Waals surface area contributed by atoms with Crippen LogP contribution in [0, 0.1) is 0 Å². The number of thiophene rings is 1. The molecule has 0 amide bonds. The number of ether oxygens (including phenoxy) is 1. The second-order valence-corrected chi connectivity index (χ2v) is 5.72. The lowest BCUT2D eigenvalue weighted by Crippen LogP contribution is -2.24. The monoisotopic (exact) mass is 263 g/mol. The first kappa shape index (κ1) is 12.7. The number of pyridine rings is 1. The van der Waals surface area contributed by atoms with Crippen LogP contribution < -0.4 is 15.8 Å². The van der Waals surface area contributed by atoms with Gasteiger partial charge in [0.25, 0.3) is 0 Å². The van der Waals surface area contributed by atoms with Gasteiger partial charge in [-0.1, -0.05) is 0 Å². The van der Waals surface area contributed by atoms with Crippen molar-refractivity contribution < 1.29 is 4.74 Å². The number of rotatable bonds is 3. The highest BCUT2D eigenvalue weighted by atomic mass is 32.1. The van der Waals surface area contributed by atoms with Gasteiger partial charge in [-0.3, -0.25) is 0 Å². The third kappa shape index (κ3) is 3.37. The maximum atomic E-state index is 5.86. The first-order chi connectivity index (χ1) is 8.44. The molecule has 2 aromatic heterocycles. The van der Waals surface area contributed by atoms with E-state index in [2.05, 4.69) is 10.3 Å². The van der Waals surface area contributed by atoms with Gasteiger partial charge in [-0.05, 0) is 44.4 Å². The second kappa shape index (κ2) is 4.86. The van der Waals surface area contributed by atoms with Crippen LogP contribution in [0.4, 0.5) is 17.2 Å². The quantitative estimate of drug-likeness (QED) is 0.887. The van der Waals surface area contributed by atoms with Gasteiger partial charge >= 0.3 is 0 Å². The fourth-order valence-electron chi connectivity index (χ4n) is 1.38. The summed E-state index contributed by atoms with van der Waals surface area (Å²) in [6.07, 6.45) is 0.